The maximum atomic E-state index is 12.8. The van der Waals surface area contributed by atoms with Crippen molar-refractivity contribution in [1.82, 2.24) is 10.6 Å². The summed E-state index contributed by atoms with van der Waals surface area (Å²) >= 11 is 0. The summed E-state index contributed by atoms with van der Waals surface area (Å²) in [6.45, 7) is 2.38. The number of carbonyl (C=O) groups is 2. The summed E-state index contributed by atoms with van der Waals surface area (Å²) in [4.78, 5) is 25.4. The molecule has 182 valence electrons. The largest absolute Gasteiger partial charge is 0.493 e. The molecule has 3 N–H and O–H groups in total. The van der Waals surface area contributed by atoms with E-state index >= 15 is 0 Å². The molecule has 4 rings (SSSR count). The Morgan fingerprint density at radius 1 is 0.914 bits per heavy atom. The van der Waals surface area contributed by atoms with Crippen LogP contribution in [0.25, 0.3) is 0 Å². The molecule has 3 aromatic rings. The minimum atomic E-state index is -0.242. The predicted molar refractivity (Wildman–Crippen MR) is 136 cm³/mol. The second kappa shape index (κ2) is 11.5. The highest BCUT2D eigenvalue weighted by Crippen LogP contribution is 2.27. The molecule has 1 atom stereocenters. The lowest BCUT2D eigenvalue weighted by Gasteiger charge is -2.23. The van der Waals surface area contributed by atoms with Gasteiger partial charge in [-0.15, -0.1) is 0 Å². The maximum Gasteiger partial charge on any atom is 0.255 e. The van der Waals surface area contributed by atoms with Gasteiger partial charge in [-0.25, -0.2) is 0 Å². The van der Waals surface area contributed by atoms with E-state index in [4.69, 9.17) is 9.47 Å². The first-order valence-electron chi connectivity index (χ1n) is 11.8. The average Bonchev–Trinajstić information content (AvgIpc) is 2.92. The number of nitrogens with one attached hydrogen (secondary N) is 3. The minimum absolute atomic E-state index is 0.190. The van der Waals surface area contributed by atoms with Crippen molar-refractivity contribution in [3.8, 4) is 11.5 Å². The van der Waals surface area contributed by atoms with Crippen molar-refractivity contribution in [1.29, 1.82) is 0 Å². The fourth-order valence-corrected chi connectivity index (χ4v) is 4.26. The third-order valence-corrected chi connectivity index (χ3v) is 6.22. The van der Waals surface area contributed by atoms with Gasteiger partial charge in [0.15, 0.2) is 11.5 Å². The van der Waals surface area contributed by atoms with Gasteiger partial charge >= 0.3 is 0 Å². The van der Waals surface area contributed by atoms with E-state index in [1.54, 1.807) is 37.4 Å². The van der Waals surface area contributed by atoms with Crippen molar-refractivity contribution in [2.24, 2.45) is 0 Å². The Hall–Kier alpha value is -3.84. The first kappa shape index (κ1) is 24.3. The lowest BCUT2D eigenvalue weighted by molar-refractivity contribution is 0.0950. The number of ether oxygens (including phenoxy) is 2. The molecule has 7 heteroatoms. The van der Waals surface area contributed by atoms with Crippen LogP contribution in [0, 0.1) is 0 Å². The molecule has 1 unspecified atom stereocenters. The second-order valence-corrected chi connectivity index (χ2v) is 8.57. The summed E-state index contributed by atoms with van der Waals surface area (Å²) in [5.74, 6) is 1.14. The Bertz CT molecular complexity index is 1170. The number of methoxy groups -OCH3 is 2. The molecule has 0 radical (unpaired) electrons. The van der Waals surface area contributed by atoms with Crippen LogP contribution in [-0.2, 0) is 6.54 Å². The van der Waals surface area contributed by atoms with E-state index in [0.29, 0.717) is 35.1 Å². The van der Waals surface area contributed by atoms with E-state index in [-0.39, 0.29) is 11.8 Å². The van der Waals surface area contributed by atoms with Gasteiger partial charge < -0.3 is 25.4 Å². The lowest BCUT2D eigenvalue weighted by Crippen LogP contribution is -2.28. The van der Waals surface area contributed by atoms with E-state index < -0.39 is 0 Å². The maximum absolute atomic E-state index is 12.8. The first-order chi connectivity index (χ1) is 17.1. The predicted octanol–water partition coefficient (Wildman–Crippen LogP) is 4.35. The molecular formula is C28H31N3O4. The fraction of sp³-hybridized carbons (Fsp3) is 0.286. The quantitative estimate of drug-likeness (QED) is 0.453. The lowest BCUT2D eigenvalue weighted by atomic mass is 9.91. The Labute approximate surface area is 205 Å². The molecule has 1 aliphatic heterocycles. The van der Waals surface area contributed by atoms with Crippen LogP contribution in [0.3, 0.4) is 0 Å². The van der Waals surface area contributed by atoms with Gasteiger partial charge in [-0.05, 0) is 78.9 Å². The van der Waals surface area contributed by atoms with Gasteiger partial charge in [-0.1, -0.05) is 24.3 Å². The van der Waals surface area contributed by atoms with Crippen molar-refractivity contribution in [2.75, 3.05) is 32.6 Å². The second-order valence-electron chi connectivity index (χ2n) is 8.57. The number of hydrogen-bond acceptors (Lipinski definition) is 5. The number of anilines is 1. The SMILES string of the molecule is COc1ccc(C(=O)NCc2cccc(C(=O)Nc3ccc(C4CCCNC4)cc3)c2)cc1OC. The molecule has 0 aromatic heterocycles. The van der Waals surface area contributed by atoms with Crippen molar-refractivity contribution < 1.29 is 19.1 Å². The smallest absolute Gasteiger partial charge is 0.255 e. The molecule has 0 spiro atoms. The Morgan fingerprint density at radius 2 is 1.69 bits per heavy atom. The zero-order chi connectivity index (χ0) is 24.6. The third kappa shape index (κ3) is 6.19. The van der Waals surface area contributed by atoms with E-state index in [9.17, 15) is 9.59 Å². The number of carbonyl (C=O) groups excluding carboxylic acids is 2. The van der Waals surface area contributed by atoms with Crippen molar-refractivity contribution in [2.45, 2.75) is 25.3 Å². The van der Waals surface area contributed by atoms with Crippen LogP contribution in [-0.4, -0.2) is 39.1 Å². The van der Waals surface area contributed by atoms with Gasteiger partial charge in [-0.3, -0.25) is 9.59 Å². The Kier molecular flexibility index (Phi) is 8.00. The molecule has 0 aliphatic carbocycles. The third-order valence-electron chi connectivity index (χ3n) is 6.22. The Morgan fingerprint density at radius 3 is 2.40 bits per heavy atom. The highest BCUT2D eigenvalue weighted by atomic mass is 16.5. The van der Waals surface area contributed by atoms with Crippen LogP contribution in [0.1, 0.15) is 50.6 Å². The number of amides is 2. The molecule has 1 heterocycles. The first-order valence-corrected chi connectivity index (χ1v) is 11.8. The van der Waals surface area contributed by atoms with Crippen LogP contribution in [0.4, 0.5) is 5.69 Å². The van der Waals surface area contributed by atoms with Gasteiger partial charge in [0.05, 0.1) is 14.2 Å². The molecule has 1 fully saturated rings. The van der Waals surface area contributed by atoms with Crippen LogP contribution in [0.5, 0.6) is 11.5 Å². The number of rotatable bonds is 8. The van der Waals surface area contributed by atoms with Crippen molar-refractivity contribution in [3.05, 3.63) is 89.0 Å². The standard InChI is InChI=1S/C28H31N3O4/c1-34-25-13-10-22(16-26(25)35-2)27(32)30-17-19-5-3-6-21(15-19)28(33)31-24-11-8-20(9-12-24)23-7-4-14-29-18-23/h3,5-6,8-13,15-16,23,29H,4,7,14,17-18H2,1-2H3,(H,30,32)(H,31,33). The normalized spacial score (nSPS) is 15.2. The molecular weight excluding hydrogens is 442 g/mol. The monoisotopic (exact) mass is 473 g/mol. The average molecular weight is 474 g/mol. The summed E-state index contributed by atoms with van der Waals surface area (Å²) in [7, 11) is 3.07. The van der Waals surface area contributed by atoms with Gasteiger partial charge in [0.25, 0.3) is 11.8 Å². The van der Waals surface area contributed by atoms with Crippen LogP contribution in [0.2, 0.25) is 0 Å². The molecule has 1 saturated heterocycles. The molecule has 0 saturated carbocycles. The molecule has 0 bridgehead atoms. The zero-order valence-corrected chi connectivity index (χ0v) is 20.1. The van der Waals surface area contributed by atoms with Gasteiger partial charge in [0.2, 0.25) is 0 Å². The minimum Gasteiger partial charge on any atom is -0.493 e. The molecule has 3 aromatic carbocycles. The number of piperidine rings is 1. The van der Waals surface area contributed by atoms with Crippen molar-refractivity contribution >= 4 is 17.5 Å². The summed E-state index contributed by atoms with van der Waals surface area (Å²) in [6.07, 6.45) is 2.38. The summed E-state index contributed by atoms with van der Waals surface area (Å²) in [5.41, 5.74) is 3.87. The van der Waals surface area contributed by atoms with Gasteiger partial charge in [-0.2, -0.15) is 0 Å². The van der Waals surface area contributed by atoms with Gasteiger partial charge in [0.1, 0.15) is 0 Å². The van der Waals surface area contributed by atoms with E-state index in [1.165, 1.54) is 25.5 Å². The Balaban J connectivity index is 1.35. The summed E-state index contributed by atoms with van der Waals surface area (Å²) in [6, 6.07) is 20.3. The van der Waals surface area contributed by atoms with Crippen LogP contribution in [0.15, 0.2) is 66.7 Å². The highest BCUT2D eigenvalue weighted by Gasteiger charge is 2.15. The number of hydrogen-bond donors (Lipinski definition) is 3. The summed E-state index contributed by atoms with van der Waals surface area (Å²) in [5, 5.41) is 9.28. The molecule has 2 amide bonds. The van der Waals surface area contributed by atoms with Crippen LogP contribution < -0.4 is 25.4 Å². The van der Waals surface area contributed by atoms with Gasteiger partial charge in [0, 0.05) is 29.9 Å². The summed E-state index contributed by atoms with van der Waals surface area (Å²) < 4.78 is 10.5. The fourth-order valence-electron chi connectivity index (χ4n) is 4.26. The molecule has 7 nitrogen and oxygen atoms in total. The van der Waals surface area contributed by atoms with E-state index in [1.807, 2.05) is 24.3 Å². The molecule has 35 heavy (non-hydrogen) atoms. The zero-order valence-electron chi connectivity index (χ0n) is 20.1. The van der Waals surface area contributed by atoms with E-state index in [2.05, 4.69) is 28.1 Å². The van der Waals surface area contributed by atoms with Crippen LogP contribution >= 0.6 is 0 Å². The number of benzene rings is 3. The molecule has 1 aliphatic rings. The highest BCUT2D eigenvalue weighted by molar-refractivity contribution is 6.04. The van der Waals surface area contributed by atoms with E-state index in [0.717, 1.165) is 24.3 Å². The van der Waals surface area contributed by atoms with Crippen molar-refractivity contribution in [3.63, 3.8) is 0 Å². The topological polar surface area (TPSA) is 88.7 Å².